The van der Waals surface area contributed by atoms with Crippen LogP contribution in [-0.2, 0) is 11.3 Å². The van der Waals surface area contributed by atoms with E-state index in [9.17, 15) is 4.79 Å². The number of hydrogen-bond acceptors (Lipinski definition) is 4. The van der Waals surface area contributed by atoms with Gasteiger partial charge in [0.1, 0.15) is 0 Å². The van der Waals surface area contributed by atoms with E-state index in [-0.39, 0.29) is 5.91 Å². The van der Waals surface area contributed by atoms with Crippen LogP contribution in [0.15, 0.2) is 16.8 Å². The van der Waals surface area contributed by atoms with E-state index >= 15 is 0 Å². The number of aromatic nitrogens is 1. The van der Waals surface area contributed by atoms with Crippen molar-refractivity contribution < 1.29 is 9.32 Å². The van der Waals surface area contributed by atoms with Crippen LogP contribution in [0.4, 0.5) is 0 Å². The third-order valence-electron chi connectivity index (χ3n) is 2.08. The van der Waals surface area contributed by atoms with E-state index in [0.29, 0.717) is 24.9 Å². The Balaban J connectivity index is 1.62. The Labute approximate surface area is 81.8 Å². The van der Waals surface area contributed by atoms with Crippen molar-refractivity contribution in [2.75, 3.05) is 6.54 Å². The number of rotatable bonds is 5. The second-order valence-corrected chi connectivity index (χ2v) is 3.41. The minimum atomic E-state index is -0.00620. The second kappa shape index (κ2) is 4.23. The van der Waals surface area contributed by atoms with Crippen molar-refractivity contribution in [3.8, 4) is 0 Å². The molecule has 2 N–H and O–H groups in total. The quantitative estimate of drug-likeness (QED) is 0.696. The summed E-state index contributed by atoms with van der Waals surface area (Å²) < 4.78 is 4.84. The molecule has 5 heteroatoms. The van der Waals surface area contributed by atoms with Crippen LogP contribution in [0.2, 0.25) is 0 Å². The van der Waals surface area contributed by atoms with E-state index in [4.69, 9.17) is 4.52 Å². The Morgan fingerprint density at radius 1 is 1.64 bits per heavy atom. The fourth-order valence-corrected chi connectivity index (χ4v) is 1.11. The number of carbonyl (C=O) groups is 1. The fourth-order valence-electron chi connectivity index (χ4n) is 1.11. The normalized spacial score (nSPS) is 15.4. The first kappa shape index (κ1) is 9.21. The third kappa shape index (κ3) is 2.85. The minimum Gasteiger partial charge on any atom is -0.360 e. The van der Waals surface area contributed by atoms with Gasteiger partial charge in [-0.1, -0.05) is 5.16 Å². The van der Waals surface area contributed by atoms with E-state index < -0.39 is 0 Å². The van der Waals surface area contributed by atoms with Gasteiger partial charge in [0.2, 0.25) is 5.91 Å². The first-order valence-corrected chi connectivity index (χ1v) is 4.74. The van der Waals surface area contributed by atoms with Crippen molar-refractivity contribution in [3.05, 3.63) is 18.0 Å². The monoisotopic (exact) mass is 195 g/mol. The van der Waals surface area contributed by atoms with Crippen molar-refractivity contribution >= 4 is 5.91 Å². The molecule has 14 heavy (non-hydrogen) atoms. The van der Waals surface area contributed by atoms with Crippen LogP contribution in [-0.4, -0.2) is 23.7 Å². The first-order valence-electron chi connectivity index (χ1n) is 4.74. The zero-order chi connectivity index (χ0) is 9.80. The molecule has 1 aliphatic carbocycles. The Bertz CT molecular complexity index is 293. The maximum absolute atomic E-state index is 11.2. The zero-order valence-electron chi connectivity index (χ0n) is 7.82. The van der Waals surface area contributed by atoms with Crippen molar-refractivity contribution in [2.45, 2.75) is 25.4 Å². The Morgan fingerprint density at radius 3 is 3.14 bits per heavy atom. The molecule has 0 bridgehead atoms. The number of amides is 1. The molecule has 76 valence electrons. The topological polar surface area (TPSA) is 67.2 Å². The van der Waals surface area contributed by atoms with E-state index in [2.05, 4.69) is 15.8 Å². The summed E-state index contributed by atoms with van der Waals surface area (Å²) in [7, 11) is 0. The molecule has 1 amide bonds. The maximum Gasteiger partial charge on any atom is 0.234 e. The predicted molar refractivity (Wildman–Crippen MR) is 49.4 cm³/mol. The highest BCUT2D eigenvalue weighted by molar-refractivity contribution is 5.77. The van der Waals surface area contributed by atoms with E-state index in [1.807, 2.05) is 0 Å². The van der Waals surface area contributed by atoms with Gasteiger partial charge in [-0.15, -0.1) is 0 Å². The molecule has 0 radical (unpaired) electrons. The molecule has 0 atom stereocenters. The number of hydrogen-bond donors (Lipinski definition) is 2. The van der Waals surface area contributed by atoms with Crippen LogP contribution in [0, 0.1) is 0 Å². The molecule has 1 aliphatic rings. The van der Waals surface area contributed by atoms with Gasteiger partial charge in [-0.3, -0.25) is 4.79 Å². The highest BCUT2D eigenvalue weighted by atomic mass is 16.5. The first-order chi connectivity index (χ1) is 6.84. The Hall–Kier alpha value is -1.36. The predicted octanol–water partition coefficient (Wildman–Crippen LogP) is 0.0428. The summed E-state index contributed by atoms with van der Waals surface area (Å²) in [5.74, 6) is 0.665. The van der Waals surface area contributed by atoms with Crippen molar-refractivity contribution in [1.82, 2.24) is 15.8 Å². The molecule has 5 nitrogen and oxygen atoms in total. The molecule has 1 fully saturated rings. The summed E-state index contributed by atoms with van der Waals surface area (Å²) in [4.78, 5) is 11.2. The summed E-state index contributed by atoms with van der Waals surface area (Å²) in [5.41, 5.74) is 0. The zero-order valence-corrected chi connectivity index (χ0v) is 7.82. The van der Waals surface area contributed by atoms with Crippen LogP contribution in [0.1, 0.15) is 18.6 Å². The molecular weight excluding hydrogens is 182 g/mol. The molecule has 0 saturated heterocycles. The lowest BCUT2D eigenvalue weighted by molar-refractivity contribution is -0.120. The van der Waals surface area contributed by atoms with Gasteiger partial charge in [0.05, 0.1) is 19.3 Å². The molecule has 1 heterocycles. The minimum absolute atomic E-state index is 0.00620. The van der Waals surface area contributed by atoms with Crippen LogP contribution in [0.5, 0.6) is 0 Å². The summed E-state index contributed by atoms with van der Waals surface area (Å²) in [6, 6.07) is 2.29. The van der Waals surface area contributed by atoms with Gasteiger partial charge in [0.25, 0.3) is 0 Å². The number of nitrogens with zero attached hydrogens (tertiary/aromatic N) is 1. The molecule has 0 aliphatic heterocycles. The maximum atomic E-state index is 11.2. The van der Waals surface area contributed by atoms with Crippen molar-refractivity contribution in [3.63, 3.8) is 0 Å². The molecule has 0 spiro atoms. The molecular formula is C9H13N3O2. The molecule has 2 rings (SSSR count). The SMILES string of the molecule is O=C(CNC1CC1)NCc1ccno1. The summed E-state index contributed by atoms with van der Waals surface area (Å²) in [6.45, 7) is 0.796. The molecule has 1 aromatic rings. The lowest BCUT2D eigenvalue weighted by Crippen LogP contribution is -2.34. The van der Waals surface area contributed by atoms with Crippen molar-refractivity contribution in [1.29, 1.82) is 0 Å². The van der Waals surface area contributed by atoms with E-state index in [0.717, 1.165) is 0 Å². The smallest absolute Gasteiger partial charge is 0.234 e. The van der Waals surface area contributed by atoms with Gasteiger partial charge in [-0.25, -0.2) is 0 Å². The Morgan fingerprint density at radius 2 is 2.50 bits per heavy atom. The van der Waals surface area contributed by atoms with Gasteiger partial charge in [-0.2, -0.15) is 0 Å². The number of carbonyl (C=O) groups excluding carboxylic acids is 1. The van der Waals surface area contributed by atoms with Crippen LogP contribution in [0.25, 0.3) is 0 Å². The standard InChI is InChI=1S/C9H13N3O2/c13-9(6-10-7-1-2-7)11-5-8-3-4-12-14-8/h3-4,7,10H,1-2,5-6H2,(H,11,13). The van der Waals surface area contributed by atoms with Gasteiger partial charge in [0.15, 0.2) is 5.76 Å². The number of nitrogens with one attached hydrogen (secondary N) is 2. The van der Waals surface area contributed by atoms with Gasteiger partial charge < -0.3 is 15.2 Å². The van der Waals surface area contributed by atoms with Crippen LogP contribution >= 0.6 is 0 Å². The largest absolute Gasteiger partial charge is 0.360 e. The molecule has 1 aromatic heterocycles. The van der Waals surface area contributed by atoms with Gasteiger partial charge in [-0.05, 0) is 12.8 Å². The third-order valence-corrected chi connectivity index (χ3v) is 2.08. The van der Waals surface area contributed by atoms with Gasteiger partial charge in [0, 0.05) is 12.1 Å². The second-order valence-electron chi connectivity index (χ2n) is 3.41. The molecule has 1 saturated carbocycles. The van der Waals surface area contributed by atoms with Crippen molar-refractivity contribution in [2.24, 2.45) is 0 Å². The lowest BCUT2D eigenvalue weighted by atomic mass is 10.4. The van der Waals surface area contributed by atoms with Crippen LogP contribution < -0.4 is 10.6 Å². The molecule has 0 aromatic carbocycles. The van der Waals surface area contributed by atoms with Gasteiger partial charge >= 0.3 is 0 Å². The van der Waals surface area contributed by atoms with Crippen LogP contribution in [0.3, 0.4) is 0 Å². The molecule has 0 unspecified atom stereocenters. The summed E-state index contributed by atoms with van der Waals surface area (Å²) in [5, 5.41) is 9.40. The Kier molecular flexibility index (Phi) is 2.78. The highest BCUT2D eigenvalue weighted by Crippen LogP contribution is 2.17. The summed E-state index contributed by atoms with van der Waals surface area (Å²) in [6.07, 6.45) is 3.94. The fraction of sp³-hybridized carbons (Fsp3) is 0.556. The lowest BCUT2D eigenvalue weighted by Gasteiger charge is -2.03. The summed E-state index contributed by atoms with van der Waals surface area (Å²) >= 11 is 0. The average molecular weight is 195 g/mol. The van der Waals surface area contributed by atoms with E-state index in [1.165, 1.54) is 12.8 Å². The average Bonchev–Trinajstić information content (AvgIpc) is 2.87. The van der Waals surface area contributed by atoms with E-state index in [1.54, 1.807) is 12.3 Å². The highest BCUT2D eigenvalue weighted by Gasteiger charge is 2.20.